The Morgan fingerprint density at radius 2 is 1.76 bits per heavy atom. The van der Waals surface area contributed by atoms with Gasteiger partial charge in [0.05, 0.1) is 29.0 Å². The van der Waals surface area contributed by atoms with Crippen molar-refractivity contribution in [1.29, 1.82) is 0 Å². The highest BCUT2D eigenvalue weighted by molar-refractivity contribution is 7.07. The molecule has 2 heterocycles. The fourth-order valence-electron chi connectivity index (χ4n) is 5.19. The lowest BCUT2D eigenvalue weighted by Crippen LogP contribution is -2.40. The number of amides is 1. The first-order valence-corrected chi connectivity index (χ1v) is 15.3. The van der Waals surface area contributed by atoms with Crippen LogP contribution in [0.5, 0.6) is 11.5 Å². The molecule has 1 N–H and O–H groups in total. The lowest BCUT2D eigenvalue weighted by atomic mass is 9.95. The van der Waals surface area contributed by atoms with Crippen LogP contribution in [0.15, 0.2) is 112 Å². The summed E-state index contributed by atoms with van der Waals surface area (Å²) < 4.78 is 40.5. The topological polar surface area (TPSA) is 81.9 Å². The van der Waals surface area contributed by atoms with Gasteiger partial charge in [-0.1, -0.05) is 59.3 Å². The van der Waals surface area contributed by atoms with Crippen LogP contribution in [0.25, 0.3) is 6.08 Å². The molecule has 11 heteroatoms. The summed E-state index contributed by atoms with van der Waals surface area (Å²) in [6.07, 6.45) is 1.72. The first kappa shape index (κ1) is 30.9. The van der Waals surface area contributed by atoms with E-state index in [4.69, 9.17) is 21.1 Å². The van der Waals surface area contributed by atoms with E-state index < -0.39 is 17.7 Å². The summed E-state index contributed by atoms with van der Waals surface area (Å²) in [5.41, 5.74) is 3.04. The highest BCUT2D eigenvalue weighted by Crippen LogP contribution is 2.31. The molecule has 7 nitrogen and oxygen atoms in total. The summed E-state index contributed by atoms with van der Waals surface area (Å²) in [5.74, 6) is -1.51. The normalized spacial score (nSPS) is 14.5. The number of nitrogens with zero attached hydrogens (tertiary/aromatic N) is 2. The second kappa shape index (κ2) is 13.1. The Kier molecular flexibility index (Phi) is 8.83. The van der Waals surface area contributed by atoms with Gasteiger partial charge >= 0.3 is 0 Å². The van der Waals surface area contributed by atoms with Gasteiger partial charge in [0, 0.05) is 22.3 Å². The number of hydrogen-bond donors (Lipinski definition) is 1. The number of carbonyl (C=O) groups excluding carboxylic acids is 1. The average Bonchev–Trinajstić information content (AvgIpc) is 3.34. The van der Waals surface area contributed by atoms with Gasteiger partial charge in [0.25, 0.3) is 11.5 Å². The Morgan fingerprint density at radius 1 is 1.02 bits per heavy atom. The minimum atomic E-state index is -0.821. The van der Waals surface area contributed by atoms with Crippen molar-refractivity contribution in [1.82, 2.24) is 4.57 Å². The number of fused-ring (bicyclic) bond motifs is 1. The van der Waals surface area contributed by atoms with E-state index in [9.17, 15) is 18.4 Å². The van der Waals surface area contributed by atoms with Crippen molar-refractivity contribution in [2.75, 3.05) is 12.4 Å². The molecule has 6 rings (SSSR count). The number of anilines is 1. The molecule has 0 bridgehead atoms. The van der Waals surface area contributed by atoms with Crippen molar-refractivity contribution in [2.45, 2.75) is 19.6 Å². The zero-order chi connectivity index (χ0) is 32.4. The molecule has 4 aromatic carbocycles. The van der Waals surface area contributed by atoms with Crippen molar-refractivity contribution in [3.8, 4) is 11.5 Å². The predicted octanol–water partition coefficient (Wildman–Crippen LogP) is 6.39. The van der Waals surface area contributed by atoms with E-state index in [0.29, 0.717) is 53.8 Å². The zero-order valence-electron chi connectivity index (χ0n) is 24.6. The van der Waals surface area contributed by atoms with Crippen molar-refractivity contribution in [3.63, 3.8) is 0 Å². The van der Waals surface area contributed by atoms with Crippen molar-refractivity contribution < 1.29 is 23.0 Å². The van der Waals surface area contributed by atoms with Gasteiger partial charge in [-0.25, -0.2) is 13.8 Å². The fourth-order valence-corrected chi connectivity index (χ4v) is 6.37. The number of nitrogens with one attached hydrogen (secondary N) is 1. The highest BCUT2D eigenvalue weighted by Gasteiger charge is 2.32. The van der Waals surface area contributed by atoms with Crippen LogP contribution in [0.3, 0.4) is 0 Å². The second-order valence-electron chi connectivity index (χ2n) is 10.4. The molecular weight excluding hydrogens is 632 g/mol. The first-order valence-electron chi connectivity index (χ1n) is 14.1. The molecule has 5 aromatic rings. The number of thiazole rings is 1. The van der Waals surface area contributed by atoms with Gasteiger partial charge in [-0.2, -0.15) is 0 Å². The van der Waals surface area contributed by atoms with E-state index in [0.717, 1.165) is 12.1 Å². The Hall–Kier alpha value is -5.06. The Balaban J connectivity index is 1.40. The molecule has 1 amide bonds. The van der Waals surface area contributed by atoms with E-state index in [1.165, 1.54) is 29.1 Å². The fraction of sp³-hybridized carbons (Fsp3) is 0.114. The predicted molar refractivity (Wildman–Crippen MR) is 174 cm³/mol. The summed E-state index contributed by atoms with van der Waals surface area (Å²) in [7, 11) is 1.50. The van der Waals surface area contributed by atoms with E-state index in [-0.39, 0.29) is 23.8 Å². The number of halogens is 3. The molecule has 0 radical (unpaired) electrons. The Bertz CT molecular complexity index is 2160. The van der Waals surface area contributed by atoms with Gasteiger partial charge in [0.2, 0.25) is 0 Å². The standard InChI is InChI=1S/C35H26ClF2N3O4S/c1-20-31(33(42)40-26-6-4-3-5-7-26)32(22-9-11-24(36)12-10-22)41-34(43)30(46-35(41)39-20)17-21-8-14-28(44-2)23(16-21)19-45-29-15-13-25(37)18-27(29)38/h3-18,32H,19H2,1-2H3,(H,40,42)/b30-17+/t32-/m1/s1. The number of carbonyl (C=O) groups is 1. The van der Waals surface area contributed by atoms with Crippen LogP contribution in [-0.4, -0.2) is 17.6 Å². The third-order valence-electron chi connectivity index (χ3n) is 7.36. The molecule has 1 aliphatic rings. The van der Waals surface area contributed by atoms with Gasteiger partial charge < -0.3 is 14.8 Å². The molecule has 46 heavy (non-hydrogen) atoms. The molecule has 0 saturated heterocycles. The molecule has 0 fully saturated rings. The quantitative estimate of drug-likeness (QED) is 0.210. The molecule has 0 aliphatic carbocycles. The number of aromatic nitrogens is 1. The van der Waals surface area contributed by atoms with Gasteiger partial charge in [-0.05, 0) is 72.7 Å². The maximum atomic E-state index is 14.2. The summed E-state index contributed by atoms with van der Waals surface area (Å²) in [6, 6.07) is 23.6. The molecule has 0 saturated carbocycles. The lowest BCUT2D eigenvalue weighted by molar-refractivity contribution is -0.113. The second-order valence-corrected chi connectivity index (χ2v) is 11.8. The number of para-hydroxylation sites is 1. The van der Waals surface area contributed by atoms with Crippen LogP contribution in [0, 0.1) is 11.6 Å². The highest BCUT2D eigenvalue weighted by atomic mass is 35.5. The molecular formula is C35H26ClF2N3O4S. The number of rotatable bonds is 8. The third kappa shape index (κ3) is 6.35. The van der Waals surface area contributed by atoms with E-state index >= 15 is 0 Å². The van der Waals surface area contributed by atoms with E-state index in [2.05, 4.69) is 10.3 Å². The Morgan fingerprint density at radius 3 is 2.48 bits per heavy atom. The lowest BCUT2D eigenvalue weighted by Gasteiger charge is -2.25. The smallest absolute Gasteiger partial charge is 0.271 e. The molecule has 1 atom stereocenters. The first-order chi connectivity index (χ1) is 22.2. The van der Waals surface area contributed by atoms with Crippen molar-refractivity contribution in [3.05, 3.63) is 155 Å². The van der Waals surface area contributed by atoms with Gasteiger partial charge in [-0.15, -0.1) is 0 Å². The summed E-state index contributed by atoms with van der Waals surface area (Å²) >= 11 is 7.38. The van der Waals surface area contributed by atoms with Gasteiger partial charge in [0.1, 0.15) is 18.2 Å². The zero-order valence-corrected chi connectivity index (χ0v) is 26.2. The SMILES string of the molecule is COc1ccc(/C=c2/sc3n(c2=O)[C@H](c2ccc(Cl)cc2)C(C(=O)Nc2ccccc2)=C(C)N=3)cc1COc1ccc(F)cc1F. The largest absolute Gasteiger partial charge is 0.496 e. The maximum Gasteiger partial charge on any atom is 0.271 e. The molecule has 1 aromatic heterocycles. The molecule has 232 valence electrons. The van der Waals surface area contributed by atoms with Crippen LogP contribution < -0.4 is 29.7 Å². The Labute approximate surface area is 271 Å². The summed E-state index contributed by atoms with van der Waals surface area (Å²) in [4.78, 5) is 32.9. The minimum absolute atomic E-state index is 0.0652. The monoisotopic (exact) mass is 657 g/mol. The number of ether oxygens (including phenoxy) is 2. The van der Waals surface area contributed by atoms with Crippen LogP contribution >= 0.6 is 22.9 Å². The number of benzene rings is 4. The average molecular weight is 658 g/mol. The van der Waals surface area contributed by atoms with Crippen LogP contribution in [0.2, 0.25) is 5.02 Å². The van der Waals surface area contributed by atoms with Crippen molar-refractivity contribution in [2.24, 2.45) is 4.99 Å². The third-order valence-corrected chi connectivity index (χ3v) is 8.60. The molecule has 0 unspecified atom stereocenters. The molecule has 1 aliphatic heterocycles. The van der Waals surface area contributed by atoms with E-state index in [1.54, 1.807) is 67.6 Å². The minimum Gasteiger partial charge on any atom is -0.496 e. The van der Waals surface area contributed by atoms with Crippen molar-refractivity contribution >= 4 is 40.6 Å². The summed E-state index contributed by atoms with van der Waals surface area (Å²) in [6.45, 7) is 1.68. The number of methoxy groups -OCH3 is 1. The van der Waals surface area contributed by atoms with Gasteiger partial charge in [-0.3, -0.25) is 14.2 Å². The van der Waals surface area contributed by atoms with Crippen LogP contribution in [0.4, 0.5) is 14.5 Å². The number of allylic oxidation sites excluding steroid dienone is 1. The van der Waals surface area contributed by atoms with Crippen LogP contribution in [0.1, 0.15) is 29.7 Å². The van der Waals surface area contributed by atoms with E-state index in [1.807, 2.05) is 18.2 Å². The van der Waals surface area contributed by atoms with Gasteiger partial charge in [0.15, 0.2) is 16.4 Å². The summed E-state index contributed by atoms with van der Waals surface area (Å²) in [5, 5.41) is 3.45. The number of hydrogen-bond acceptors (Lipinski definition) is 6. The maximum absolute atomic E-state index is 14.2. The van der Waals surface area contributed by atoms with Crippen LogP contribution in [-0.2, 0) is 11.4 Å². The molecule has 0 spiro atoms.